The SMILES string of the molecule is N#C[C@@H]1CCCN1C(=O)CNCCC1(c2nn[nH]n2)c2ccc(F)cc2CCc2cc(C(=O)N3CCOCC3)ccc21. The highest BCUT2D eigenvalue weighted by molar-refractivity contribution is 5.94. The molecule has 42 heavy (non-hydrogen) atoms. The molecule has 2 N–H and O–H groups in total. The lowest BCUT2D eigenvalue weighted by Gasteiger charge is -2.34. The molecule has 2 atom stereocenters. The van der Waals surface area contributed by atoms with E-state index in [0.29, 0.717) is 76.5 Å². The van der Waals surface area contributed by atoms with Gasteiger partial charge in [0.25, 0.3) is 5.91 Å². The van der Waals surface area contributed by atoms with Crippen LogP contribution >= 0.6 is 0 Å². The van der Waals surface area contributed by atoms with E-state index in [1.165, 1.54) is 6.07 Å². The fourth-order valence-electron chi connectivity index (χ4n) is 6.64. The second kappa shape index (κ2) is 12.0. The number of hydrogen-bond acceptors (Lipinski definition) is 8. The molecular weight excluding hydrogens is 539 g/mol. The van der Waals surface area contributed by atoms with Gasteiger partial charge in [0.15, 0.2) is 5.82 Å². The van der Waals surface area contributed by atoms with Crippen molar-refractivity contribution in [2.75, 3.05) is 45.9 Å². The van der Waals surface area contributed by atoms with Crippen LogP contribution in [-0.2, 0) is 27.8 Å². The molecule has 3 heterocycles. The highest BCUT2D eigenvalue weighted by Gasteiger charge is 2.44. The number of aromatic amines is 1. The standard InChI is InChI=1S/C30H33FN8O3/c31-23-6-8-26-21(17-23)4-3-20-16-22(28(41)38-12-14-42-15-13-38)5-7-25(20)30(26,29-34-36-37-35-29)9-10-33-19-27(40)39-11-1-2-24(39)18-32/h5-8,16-17,24,33H,1-4,9-15,19H2,(H,34,35,36,37)/t24-,30?/m0/s1. The highest BCUT2D eigenvalue weighted by Crippen LogP contribution is 2.46. The van der Waals surface area contributed by atoms with Crippen molar-refractivity contribution < 1.29 is 18.7 Å². The Kier molecular flexibility index (Phi) is 7.95. The first-order valence-electron chi connectivity index (χ1n) is 14.4. The first-order chi connectivity index (χ1) is 20.5. The molecule has 11 nitrogen and oxygen atoms in total. The topological polar surface area (TPSA) is 140 Å². The average Bonchev–Trinajstić information content (AvgIpc) is 3.72. The normalized spacial score (nSPS) is 21.8. The maximum Gasteiger partial charge on any atom is 0.254 e. The molecule has 1 aromatic heterocycles. The molecule has 3 aromatic rings. The van der Waals surface area contributed by atoms with Crippen LogP contribution in [0.3, 0.4) is 0 Å². The third kappa shape index (κ3) is 5.14. The minimum Gasteiger partial charge on any atom is -0.378 e. The number of aromatic nitrogens is 4. The van der Waals surface area contributed by atoms with Crippen molar-refractivity contribution in [2.24, 2.45) is 0 Å². The second-order valence-corrected chi connectivity index (χ2v) is 11.0. The molecule has 2 fully saturated rings. The molecule has 3 aliphatic rings. The van der Waals surface area contributed by atoms with E-state index in [1.807, 2.05) is 18.2 Å². The summed E-state index contributed by atoms with van der Waals surface area (Å²) in [5.41, 5.74) is 3.26. The van der Waals surface area contributed by atoms with Crippen LogP contribution in [0.15, 0.2) is 36.4 Å². The Morgan fingerprint density at radius 2 is 1.88 bits per heavy atom. The Morgan fingerprint density at radius 3 is 2.62 bits per heavy atom. The van der Waals surface area contributed by atoms with E-state index in [1.54, 1.807) is 21.9 Å². The Hall–Kier alpha value is -4.21. The second-order valence-electron chi connectivity index (χ2n) is 11.0. The van der Waals surface area contributed by atoms with Crippen molar-refractivity contribution in [2.45, 2.75) is 43.6 Å². The summed E-state index contributed by atoms with van der Waals surface area (Å²) in [6.07, 6.45) is 3.15. The number of ether oxygens (including phenoxy) is 1. The van der Waals surface area contributed by atoms with Gasteiger partial charge in [0.05, 0.1) is 31.2 Å². The fourth-order valence-corrected chi connectivity index (χ4v) is 6.64. The zero-order chi connectivity index (χ0) is 29.1. The molecule has 2 saturated heterocycles. The number of benzene rings is 2. The number of halogens is 1. The number of morpholine rings is 1. The molecule has 1 unspecified atom stereocenters. The molecule has 0 bridgehead atoms. The van der Waals surface area contributed by atoms with E-state index in [0.717, 1.165) is 28.7 Å². The Labute approximate surface area is 243 Å². The summed E-state index contributed by atoms with van der Waals surface area (Å²) in [7, 11) is 0. The molecule has 0 radical (unpaired) electrons. The van der Waals surface area contributed by atoms with E-state index >= 15 is 0 Å². The van der Waals surface area contributed by atoms with Gasteiger partial charge >= 0.3 is 0 Å². The number of hydrogen-bond donors (Lipinski definition) is 2. The molecule has 0 saturated carbocycles. The van der Waals surface area contributed by atoms with Gasteiger partial charge in [-0.3, -0.25) is 9.59 Å². The summed E-state index contributed by atoms with van der Waals surface area (Å²) in [6, 6.07) is 12.4. The van der Waals surface area contributed by atoms with Crippen molar-refractivity contribution in [1.29, 1.82) is 5.26 Å². The van der Waals surface area contributed by atoms with Gasteiger partial charge in [-0.05, 0) is 85.2 Å². The van der Waals surface area contributed by atoms with Crippen molar-refractivity contribution >= 4 is 11.8 Å². The highest BCUT2D eigenvalue weighted by atomic mass is 19.1. The van der Waals surface area contributed by atoms with Crippen molar-refractivity contribution in [1.82, 2.24) is 35.7 Å². The molecule has 1 aliphatic carbocycles. The number of nitrogens with one attached hydrogen (secondary N) is 2. The molecule has 0 spiro atoms. The number of nitriles is 1. The predicted molar refractivity (Wildman–Crippen MR) is 149 cm³/mol. The van der Waals surface area contributed by atoms with E-state index < -0.39 is 5.41 Å². The lowest BCUT2D eigenvalue weighted by atomic mass is 9.69. The molecule has 2 aliphatic heterocycles. The number of nitrogens with zero attached hydrogens (tertiary/aromatic N) is 6. The van der Waals surface area contributed by atoms with E-state index in [9.17, 15) is 19.2 Å². The first-order valence-corrected chi connectivity index (χ1v) is 14.4. The summed E-state index contributed by atoms with van der Waals surface area (Å²) >= 11 is 0. The molecule has 2 amide bonds. The lowest BCUT2D eigenvalue weighted by Crippen LogP contribution is -2.42. The average molecular weight is 573 g/mol. The fraction of sp³-hybridized carbons (Fsp3) is 0.467. The number of amides is 2. The zero-order valence-corrected chi connectivity index (χ0v) is 23.3. The summed E-state index contributed by atoms with van der Waals surface area (Å²) in [6.45, 7) is 3.22. The number of likely N-dealkylation sites (tertiary alicyclic amines) is 1. The summed E-state index contributed by atoms with van der Waals surface area (Å²) in [5, 5.41) is 28.0. The number of H-pyrrole nitrogens is 1. The third-order valence-electron chi connectivity index (χ3n) is 8.70. The smallest absolute Gasteiger partial charge is 0.254 e. The van der Waals surface area contributed by atoms with Gasteiger partial charge in [-0.1, -0.05) is 17.3 Å². The quantitative estimate of drug-likeness (QED) is 0.408. The van der Waals surface area contributed by atoms with Crippen LogP contribution in [0.4, 0.5) is 4.39 Å². The van der Waals surface area contributed by atoms with Crippen LogP contribution < -0.4 is 5.32 Å². The van der Waals surface area contributed by atoms with Crippen LogP contribution in [0.5, 0.6) is 0 Å². The van der Waals surface area contributed by atoms with Crippen molar-refractivity contribution in [3.8, 4) is 6.07 Å². The van der Waals surface area contributed by atoms with Crippen LogP contribution in [0, 0.1) is 17.1 Å². The number of aryl methyl sites for hydroxylation is 2. The van der Waals surface area contributed by atoms with Gasteiger partial charge < -0.3 is 19.9 Å². The number of tetrazole rings is 1. The Bertz CT molecular complexity index is 1500. The maximum atomic E-state index is 14.5. The summed E-state index contributed by atoms with van der Waals surface area (Å²) < 4.78 is 20.0. The lowest BCUT2D eigenvalue weighted by molar-refractivity contribution is -0.130. The van der Waals surface area contributed by atoms with Gasteiger partial charge in [-0.2, -0.15) is 10.5 Å². The monoisotopic (exact) mass is 572 g/mol. The number of carbonyl (C=O) groups is 2. The Morgan fingerprint density at radius 1 is 1.12 bits per heavy atom. The van der Waals surface area contributed by atoms with E-state index in [4.69, 9.17) is 4.74 Å². The predicted octanol–water partition coefficient (Wildman–Crippen LogP) is 1.74. The van der Waals surface area contributed by atoms with Gasteiger partial charge in [-0.15, -0.1) is 10.2 Å². The van der Waals surface area contributed by atoms with Gasteiger partial charge in [0.2, 0.25) is 5.91 Å². The summed E-state index contributed by atoms with van der Waals surface area (Å²) in [4.78, 5) is 29.7. The van der Waals surface area contributed by atoms with Gasteiger partial charge in [-0.25, -0.2) is 4.39 Å². The molecule has 2 aromatic carbocycles. The van der Waals surface area contributed by atoms with Gasteiger partial charge in [0, 0.05) is 25.2 Å². The van der Waals surface area contributed by atoms with Gasteiger partial charge in [0.1, 0.15) is 11.9 Å². The minimum absolute atomic E-state index is 0.0446. The number of fused-ring (bicyclic) bond motifs is 2. The van der Waals surface area contributed by atoms with Crippen LogP contribution in [0.2, 0.25) is 0 Å². The van der Waals surface area contributed by atoms with Crippen molar-refractivity contribution in [3.05, 3.63) is 75.9 Å². The minimum atomic E-state index is -0.915. The Balaban J connectivity index is 1.35. The molecule has 218 valence electrons. The molecular formula is C30H33FN8O3. The largest absolute Gasteiger partial charge is 0.378 e. The number of carbonyl (C=O) groups excluding carboxylic acids is 2. The number of rotatable bonds is 7. The first kappa shape index (κ1) is 27.9. The van der Waals surface area contributed by atoms with Crippen LogP contribution in [0.1, 0.15) is 57.7 Å². The van der Waals surface area contributed by atoms with E-state index in [2.05, 4.69) is 32.0 Å². The zero-order valence-electron chi connectivity index (χ0n) is 23.3. The van der Waals surface area contributed by atoms with Crippen LogP contribution in [-0.4, -0.2) is 94.2 Å². The molecule has 6 rings (SSSR count). The maximum absolute atomic E-state index is 14.5. The molecule has 12 heteroatoms. The summed E-state index contributed by atoms with van der Waals surface area (Å²) in [5.74, 6) is -0.0474. The third-order valence-corrected chi connectivity index (χ3v) is 8.70. The van der Waals surface area contributed by atoms with E-state index in [-0.39, 0.29) is 30.2 Å². The van der Waals surface area contributed by atoms with Crippen molar-refractivity contribution in [3.63, 3.8) is 0 Å². The van der Waals surface area contributed by atoms with Crippen LogP contribution in [0.25, 0.3) is 0 Å².